The number of hydrogen-bond acceptors (Lipinski definition) is 4. The minimum Gasteiger partial charge on any atom is -0.508 e. The van der Waals surface area contributed by atoms with Crippen LogP contribution in [0.3, 0.4) is 0 Å². The van der Waals surface area contributed by atoms with Crippen molar-refractivity contribution in [3.63, 3.8) is 0 Å². The van der Waals surface area contributed by atoms with Crippen molar-refractivity contribution >= 4 is 23.0 Å². The molecule has 0 aromatic heterocycles. The highest BCUT2D eigenvalue weighted by Gasteiger charge is 2.15. The van der Waals surface area contributed by atoms with E-state index < -0.39 is 4.92 Å². The predicted molar refractivity (Wildman–Crippen MR) is 78.3 cm³/mol. The highest BCUT2D eigenvalue weighted by molar-refractivity contribution is 6.33. The smallest absolute Gasteiger partial charge is 0.288 e. The van der Waals surface area contributed by atoms with E-state index in [0.717, 1.165) is 11.1 Å². The van der Waals surface area contributed by atoms with Gasteiger partial charge in [-0.15, -0.1) is 0 Å². The summed E-state index contributed by atoms with van der Waals surface area (Å²) in [5.74, 6) is 0.200. The molecule has 0 saturated heterocycles. The molecule has 0 unspecified atom stereocenters. The molecule has 0 radical (unpaired) electrons. The molecule has 2 rings (SSSR count). The molecular formula is C14H13ClN2O3. The van der Waals surface area contributed by atoms with Crippen LogP contribution in [0.1, 0.15) is 11.1 Å². The second kappa shape index (κ2) is 5.79. The van der Waals surface area contributed by atoms with E-state index in [4.69, 9.17) is 11.6 Å². The van der Waals surface area contributed by atoms with Gasteiger partial charge in [0.2, 0.25) is 0 Å². The van der Waals surface area contributed by atoms with Gasteiger partial charge in [-0.3, -0.25) is 10.1 Å². The molecule has 0 saturated carbocycles. The Hall–Kier alpha value is -2.27. The molecule has 0 fully saturated rings. The van der Waals surface area contributed by atoms with Gasteiger partial charge in [0.15, 0.2) is 0 Å². The van der Waals surface area contributed by atoms with E-state index in [1.807, 2.05) is 6.07 Å². The van der Waals surface area contributed by atoms with Gasteiger partial charge < -0.3 is 10.4 Å². The number of phenolic OH excluding ortho intramolecular Hbond substituents is 1. The standard InChI is InChI=1S/C14H13ClN2O3/c1-9-6-13(17(19)20)11(15)7-12(9)16-8-10-4-2-3-5-14(10)18/h2-7,16,18H,8H2,1H3. The number of aromatic hydroxyl groups is 1. The van der Waals surface area contributed by atoms with Crippen LogP contribution < -0.4 is 5.32 Å². The fraction of sp³-hybridized carbons (Fsp3) is 0.143. The number of hydrogen-bond donors (Lipinski definition) is 2. The Morgan fingerprint density at radius 1 is 1.35 bits per heavy atom. The number of aryl methyl sites for hydroxylation is 1. The summed E-state index contributed by atoms with van der Waals surface area (Å²) in [6.45, 7) is 2.16. The number of nitro groups is 1. The number of nitrogens with zero attached hydrogens (tertiary/aromatic N) is 1. The van der Waals surface area contributed by atoms with Gasteiger partial charge in [0.1, 0.15) is 10.8 Å². The van der Waals surface area contributed by atoms with Crippen LogP contribution in [0.2, 0.25) is 5.02 Å². The molecule has 0 bridgehead atoms. The Morgan fingerprint density at radius 2 is 2.05 bits per heavy atom. The third-order valence-corrected chi connectivity index (χ3v) is 3.25. The van der Waals surface area contributed by atoms with E-state index in [9.17, 15) is 15.2 Å². The first kappa shape index (κ1) is 14.1. The molecule has 5 nitrogen and oxygen atoms in total. The normalized spacial score (nSPS) is 10.3. The molecule has 0 aliphatic carbocycles. The van der Waals surface area contributed by atoms with Crippen LogP contribution in [0.5, 0.6) is 5.75 Å². The quantitative estimate of drug-likeness (QED) is 0.662. The molecule has 2 aromatic rings. The van der Waals surface area contributed by atoms with Gasteiger partial charge in [0.05, 0.1) is 4.92 Å². The molecule has 0 heterocycles. The van der Waals surface area contributed by atoms with Gasteiger partial charge >= 0.3 is 0 Å². The number of halogens is 1. The number of rotatable bonds is 4. The fourth-order valence-electron chi connectivity index (χ4n) is 1.85. The first-order valence-electron chi connectivity index (χ1n) is 5.94. The summed E-state index contributed by atoms with van der Waals surface area (Å²) in [5.41, 5.74) is 2.04. The number of para-hydroxylation sites is 1. The Balaban J connectivity index is 2.21. The number of phenols is 1. The van der Waals surface area contributed by atoms with Crippen LogP contribution in [0.15, 0.2) is 36.4 Å². The lowest BCUT2D eigenvalue weighted by Crippen LogP contribution is -2.02. The first-order chi connectivity index (χ1) is 9.49. The maximum Gasteiger partial charge on any atom is 0.288 e. The average Bonchev–Trinajstić information content (AvgIpc) is 2.40. The number of nitrogens with one attached hydrogen (secondary N) is 1. The molecule has 0 aliphatic heterocycles. The van der Waals surface area contributed by atoms with Crippen molar-refractivity contribution in [2.45, 2.75) is 13.5 Å². The summed E-state index contributed by atoms with van der Waals surface area (Å²) in [4.78, 5) is 10.3. The van der Waals surface area contributed by atoms with E-state index in [1.54, 1.807) is 25.1 Å². The molecule has 0 aliphatic rings. The maximum absolute atomic E-state index is 10.8. The van der Waals surface area contributed by atoms with Crippen LogP contribution >= 0.6 is 11.6 Å². The van der Waals surface area contributed by atoms with Gasteiger partial charge in [-0.25, -0.2) is 0 Å². The van der Waals surface area contributed by atoms with Gasteiger partial charge in [-0.2, -0.15) is 0 Å². The van der Waals surface area contributed by atoms with E-state index in [-0.39, 0.29) is 16.5 Å². The van der Waals surface area contributed by atoms with Gasteiger partial charge in [0.25, 0.3) is 5.69 Å². The van der Waals surface area contributed by atoms with Gasteiger partial charge in [-0.1, -0.05) is 29.8 Å². The fourth-order valence-corrected chi connectivity index (χ4v) is 2.08. The van der Waals surface area contributed by atoms with Crippen LogP contribution in [0.25, 0.3) is 0 Å². The Kier molecular flexibility index (Phi) is 4.10. The lowest BCUT2D eigenvalue weighted by Gasteiger charge is -2.11. The lowest BCUT2D eigenvalue weighted by atomic mass is 10.1. The number of anilines is 1. The van der Waals surface area contributed by atoms with Crippen molar-refractivity contribution in [1.29, 1.82) is 0 Å². The van der Waals surface area contributed by atoms with Crippen molar-refractivity contribution in [3.05, 3.63) is 62.7 Å². The van der Waals surface area contributed by atoms with Crippen LogP contribution in [0.4, 0.5) is 11.4 Å². The summed E-state index contributed by atoms with van der Waals surface area (Å²) in [5, 5.41) is 23.6. The first-order valence-corrected chi connectivity index (χ1v) is 6.32. The highest BCUT2D eigenvalue weighted by Crippen LogP contribution is 2.31. The zero-order valence-corrected chi connectivity index (χ0v) is 11.5. The van der Waals surface area contributed by atoms with Crippen LogP contribution in [0, 0.1) is 17.0 Å². The van der Waals surface area contributed by atoms with Crippen molar-refractivity contribution in [2.75, 3.05) is 5.32 Å². The highest BCUT2D eigenvalue weighted by atomic mass is 35.5. The largest absolute Gasteiger partial charge is 0.508 e. The van der Waals surface area contributed by atoms with Crippen molar-refractivity contribution in [1.82, 2.24) is 0 Å². The van der Waals surface area contributed by atoms with Crippen LogP contribution in [-0.2, 0) is 6.54 Å². The molecule has 2 aromatic carbocycles. The zero-order valence-electron chi connectivity index (χ0n) is 10.8. The van der Waals surface area contributed by atoms with Crippen molar-refractivity contribution < 1.29 is 10.0 Å². The molecule has 20 heavy (non-hydrogen) atoms. The van der Waals surface area contributed by atoms with Gasteiger partial charge in [-0.05, 0) is 24.6 Å². The van der Waals surface area contributed by atoms with E-state index in [2.05, 4.69) is 5.32 Å². The zero-order chi connectivity index (χ0) is 14.7. The second-order valence-corrected chi connectivity index (χ2v) is 4.77. The Labute approximate surface area is 121 Å². The van der Waals surface area contributed by atoms with Gasteiger partial charge in [0, 0.05) is 23.9 Å². The summed E-state index contributed by atoms with van der Waals surface area (Å²) >= 11 is 5.88. The summed E-state index contributed by atoms with van der Waals surface area (Å²) in [6.07, 6.45) is 0. The molecule has 104 valence electrons. The maximum atomic E-state index is 10.8. The summed E-state index contributed by atoms with van der Waals surface area (Å²) in [7, 11) is 0. The lowest BCUT2D eigenvalue weighted by molar-refractivity contribution is -0.384. The monoisotopic (exact) mass is 292 g/mol. The third kappa shape index (κ3) is 3.00. The minimum atomic E-state index is -0.512. The number of nitro benzene ring substituents is 1. The SMILES string of the molecule is Cc1cc([N+](=O)[O-])c(Cl)cc1NCc1ccccc1O. The molecule has 2 N–H and O–H groups in total. The number of benzene rings is 2. The van der Waals surface area contributed by atoms with E-state index >= 15 is 0 Å². The molecule has 6 heteroatoms. The summed E-state index contributed by atoms with van der Waals surface area (Å²) in [6, 6.07) is 9.92. The van der Waals surface area contributed by atoms with Crippen molar-refractivity contribution in [2.24, 2.45) is 0 Å². The van der Waals surface area contributed by atoms with Crippen LogP contribution in [-0.4, -0.2) is 10.0 Å². The molecule has 0 amide bonds. The topological polar surface area (TPSA) is 75.4 Å². The Morgan fingerprint density at radius 3 is 2.70 bits per heavy atom. The third-order valence-electron chi connectivity index (χ3n) is 2.95. The second-order valence-electron chi connectivity index (χ2n) is 4.36. The summed E-state index contributed by atoms with van der Waals surface area (Å²) < 4.78 is 0. The minimum absolute atomic E-state index is 0.0837. The molecule has 0 atom stereocenters. The average molecular weight is 293 g/mol. The molecular weight excluding hydrogens is 280 g/mol. The molecule has 0 spiro atoms. The van der Waals surface area contributed by atoms with E-state index in [1.165, 1.54) is 12.1 Å². The van der Waals surface area contributed by atoms with Crippen molar-refractivity contribution in [3.8, 4) is 5.75 Å². The van der Waals surface area contributed by atoms with E-state index in [0.29, 0.717) is 12.2 Å². The predicted octanol–water partition coefficient (Wildman–Crippen LogP) is 3.87. The Bertz CT molecular complexity index is 659.